The van der Waals surface area contributed by atoms with Gasteiger partial charge in [-0.05, 0) is 18.6 Å². The highest BCUT2D eigenvalue weighted by atomic mass is 19.4. The molecule has 0 saturated carbocycles. The van der Waals surface area contributed by atoms with Gasteiger partial charge in [0.1, 0.15) is 5.82 Å². The first-order chi connectivity index (χ1) is 11.3. The molecular formula is C15H13F4N3O2. The first-order valence-electron chi connectivity index (χ1n) is 7.22. The van der Waals surface area contributed by atoms with E-state index in [4.69, 9.17) is 4.52 Å². The summed E-state index contributed by atoms with van der Waals surface area (Å²) < 4.78 is 56.5. The zero-order valence-corrected chi connectivity index (χ0v) is 12.6. The average Bonchev–Trinajstić information content (AvgIpc) is 3.15. The molecule has 1 saturated heterocycles. The SMILES string of the molecule is CC(=O)N1CC[C@@H](c2nc(-c3ccc(C(F)(F)F)c(F)c3)no2)C1. The summed E-state index contributed by atoms with van der Waals surface area (Å²) in [5.74, 6) is -1.28. The number of likely N-dealkylation sites (tertiary alicyclic amines) is 1. The van der Waals surface area contributed by atoms with Crippen molar-refractivity contribution in [3.05, 3.63) is 35.5 Å². The molecule has 3 rings (SSSR count). The maximum atomic E-state index is 13.6. The minimum absolute atomic E-state index is 0.0129. The molecule has 0 bridgehead atoms. The first-order valence-corrected chi connectivity index (χ1v) is 7.22. The van der Waals surface area contributed by atoms with Crippen LogP contribution in [0, 0.1) is 5.82 Å². The summed E-state index contributed by atoms with van der Waals surface area (Å²) in [6.45, 7) is 2.48. The number of nitrogens with zero attached hydrogens (tertiary/aromatic N) is 3. The molecule has 0 spiro atoms. The Bertz CT molecular complexity index is 772. The molecular weight excluding hydrogens is 330 g/mol. The van der Waals surface area contributed by atoms with Crippen LogP contribution in [0.2, 0.25) is 0 Å². The minimum atomic E-state index is -4.76. The molecule has 0 radical (unpaired) electrons. The van der Waals surface area contributed by atoms with Gasteiger partial charge in [0.25, 0.3) is 0 Å². The fraction of sp³-hybridized carbons (Fsp3) is 0.400. The van der Waals surface area contributed by atoms with Gasteiger partial charge in [-0.1, -0.05) is 11.2 Å². The fourth-order valence-corrected chi connectivity index (χ4v) is 2.65. The van der Waals surface area contributed by atoms with E-state index >= 15 is 0 Å². The quantitative estimate of drug-likeness (QED) is 0.786. The van der Waals surface area contributed by atoms with Gasteiger partial charge in [0.05, 0.1) is 11.5 Å². The molecule has 1 aliphatic rings. The second kappa shape index (κ2) is 5.88. The van der Waals surface area contributed by atoms with Gasteiger partial charge < -0.3 is 9.42 Å². The number of amides is 1. The third-order valence-corrected chi connectivity index (χ3v) is 3.96. The van der Waals surface area contributed by atoms with Crippen LogP contribution in [0.4, 0.5) is 17.6 Å². The van der Waals surface area contributed by atoms with E-state index in [9.17, 15) is 22.4 Å². The Hall–Kier alpha value is -2.45. The smallest absolute Gasteiger partial charge is 0.342 e. The van der Waals surface area contributed by atoms with Crippen LogP contribution in [0.3, 0.4) is 0 Å². The van der Waals surface area contributed by atoms with Crippen molar-refractivity contribution < 1.29 is 26.9 Å². The van der Waals surface area contributed by atoms with Gasteiger partial charge in [0.15, 0.2) is 0 Å². The number of halogens is 4. The van der Waals surface area contributed by atoms with E-state index in [-0.39, 0.29) is 29.1 Å². The van der Waals surface area contributed by atoms with Gasteiger partial charge in [-0.2, -0.15) is 18.2 Å². The molecule has 1 atom stereocenters. The largest absolute Gasteiger partial charge is 0.419 e. The molecule has 24 heavy (non-hydrogen) atoms. The Morgan fingerprint density at radius 2 is 2.12 bits per heavy atom. The Kier molecular flexibility index (Phi) is 4.02. The van der Waals surface area contributed by atoms with Gasteiger partial charge in [-0.15, -0.1) is 0 Å². The second-order valence-electron chi connectivity index (χ2n) is 5.60. The molecule has 1 aliphatic heterocycles. The van der Waals surface area contributed by atoms with Crippen molar-refractivity contribution in [1.82, 2.24) is 15.0 Å². The van der Waals surface area contributed by atoms with Gasteiger partial charge in [0, 0.05) is 25.6 Å². The molecule has 9 heteroatoms. The summed E-state index contributed by atoms with van der Waals surface area (Å²) in [6, 6.07) is 2.47. The summed E-state index contributed by atoms with van der Waals surface area (Å²) in [4.78, 5) is 17.1. The van der Waals surface area contributed by atoms with Gasteiger partial charge in [-0.3, -0.25) is 4.79 Å². The van der Waals surface area contributed by atoms with Gasteiger partial charge in [-0.25, -0.2) is 4.39 Å². The van der Waals surface area contributed by atoms with Crippen LogP contribution in [-0.2, 0) is 11.0 Å². The van der Waals surface area contributed by atoms with Crippen LogP contribution in [0.25, 0.3) is 11.4 Å². The minimum Gasteiger partial charge on any atom is -0.342 e. The van der Waals surface area contributed by atoms with Crippen LogP contribution in [0.5, 0.6) is 0 Å². The van der Waals surface area contributed by atoms with E-state index in [0.29, 0.717) is 25.6 Å². The van der Waals surface area contributed by atoms with Crippen molar-refractivity contribution >= 4 is 5.91 Å². The maximum absolute atomic E-state index is 13.6. The molecule has 2 heterocycles. The van der Waals surface area contributed by atoms with E-state index in [1.54, 1.807) is 4.90 Å². The van der Waals surface area contributed by atoms with Crippen molar-refractivity contribution in [3.63, 3.8) is 0 Å². The molecule has 0 unspecified atom stereocenters. The van der Waals surface area contributed by atoms with E-state index in [2.05, 4.69) is 10.1 Å². The zero-order valence-electron chi connectivity index (χ0n) is 12.6. The molecule has 0 N–H and O–H groups in total. The number of carbonyl (C=O) groups excluding carboxylic acids is 1. The van der Waals surface area contributed by atoms with Crippen LogP contribution in [0.1, 0.15) is 30.7 Å². The summed E-state index contributed by atoms with van der Waals surface area (Å²) in [7, 11) is 0. The Labute approximate surface area is 134 Å². The molecule has 128 valence electrons. The lowest BCUT2D eigenvalue weighted by atomic mass is 10.1. The highest BCUT2D eigenvalue weighted by molar-refractivity contribution is 5.73. The number of hydrogen-bond acceptors (Lipinski definition) is 4. The van der Waals surface area contributed by atoms with Crippen LogP contribution < -0.4 is 0 Å². The Morgan fingerprint density at radius 3 is 2.71 bits per heavy atom. The number of benzene rings is 1. The standard InChI is InChI=1S/C15H13F4N3O2/c1-8(23)22-5-4-10(7-22)14-20-13(21-24-14)9-2-3-11(12(16)6-9)15(17,18)19/h2-3,6,10H,4-5,7H2,1H3/t10-/m1/s1. The monoisotopic (exact) mass is 343 g/mol. The summed E-state index contributed by atoms with van der Waals surface area (Å²) >= 11 is 0. The lowest BCUT2D eigenvalue weighted by Gasteiger charge is -2.11. The molecule has 5 nitrogen and oxygen atoms in total. The predicted octanol–water partition coefficient (Wildman–Crippen LogP) is 3.23. The van der Waals surface area contributed by atoms with Gasteiger partial charge in [0.2, 0.25) is 17.6 Å². The van der Waals surface area contributed by atoms with E-state index in [1.807, 2.05) is 0 Å². The third kappa shape index (κ3) is 3.10. The predicted molar refractivity (Wildman–Crippen MR) is 74.3 cm³/mol. The molecule has 2 aromatic rings. The van der Waals surface area contributed by atoms with Crippen molar-refractivity contribution in [2.75, 3.05) is 13.1 Å². The Balaban J connectivity index is 1.81. The number of aromatic nitrogens is 2. The molecule has 1 fully saturated rings. The summed E-state index contributed by atoms with van der Waals surface area (Å²) in [5, 5.41) is 3.70. The lowest BCUT2D eigenvalue weighted by molar-refractivity contribution is -0.140. The lowest BCUT2D eigenvalue weighted by Crippen LogP contribution is -2.25. The highest BCUT2D eigenvalue weighted by Crippen LogP contribution is 2.33. The van der Waals surface area contributed by atoms with E-state index < -0.39 is 17.6 Å². The molecule has 1 amide bonds. The second-order valence-corrected chi connectivity index (χ2v) is 5.60. The normalized spacial score (nSPS) is 18.2. The summed E-state index contributed by atoms with van der Waals surface area (Å²) in [5.41, 5.74) is -1.25. The topological polar surface area (TPSA) is 59.2 Å². The van der Waals surface area contributed by atoms with E-state index in [0.717, 1.165) is 12.1 Å². The van der Waals surface area contributed by atoms with Crippen LogP contribution in [-0.4, -0.2) is 34.0 Å². The maximum Gasteiger partial charge on any atom is 0.419 e. The number of rotatable bonds is 2. The van der Waals surface area contributed by atoms with Crippen LogP contribution in [0.15, 0.2) is 22.7 Å². The van der Waals surface area contributed by atoms with Crippen molar-refractivity contribution in [1.29, 1.82) is 0 Å². The molecule has 1 aromatic carbocycles. The number of alkyl halides is 3. The van der Waals surface area contributed by atoms with Crippen molar-refractivity contribution in [2.45, 2.75) is 25.4 Å². The average molecular weight is 343 g/mol. The first kappa shape index (κ1) is 16.4. The Morgan fingerprint density at radius 1 is 1.38 bits per heavy atom. The molecule has 0 aliphatic carbocycles. The number of hydrogen-bond donors (Lipinski definition) is 0. The highest BCUT2D eigenvalue weighted by Gasteiger charge is 2.34. The van der Waals surface area contributed by atoms with Crippen molar-refractivity contribution in [2.24, 2.45) is 0 Å². The fourth-order valence-electron chi connectivity index (χ4n) is 2.65. The number of carbonyl (C=O) groups is 1. The third-order valence-electron chi connectivity index (χ3n) is 3.96. The zero-order chi connectivity index (χ0) is 17.5. The van der Waals surface area contributed by atoms with Crippen LogP contribution >= 0.6 is 0 Å². The van der Waals surface area contributed by atoms with E-state index in [1.165, 1.54) is 6.92 Å². The summed E-state index contributed by atoms with van der Waals surface area (Å²) in [6.07, 6.45) is -4.10. The van der Waals surface area contributed by atoms with Crippen molar-refractivity contribution in [3.8, 4) is 11.4 Å². The van der Waals surface area contributed by atoms with Gasteiger partial charge >= 0.3 is 6.18 Å². The molecule has 1 aromatic heterocycles.